The fraction of sp³-hybridized carbons (Fsp3) is 0.538. The van der Waals surface area contributed by atoms with Crippen molar-refractivity contribution in [3.8, 4) is 0 Å². The monoisotopic (exact) mass is 294 g/mol. The molecule has 1 fully saturated rings. The molecule has 7 heteroatoms. The van der Waals surface area contributed by atoms with Crippen LogP contribution in [0.25, 0.3) is 5.65 Å². The first kappa shape index (κ1) is 13.5. The molecule has 1 saturated heterocycles. The minimum absolute atomic E-state index is 0.311. The van der Waals surface area contributed by atoms with Crippen molar-refractivity contribution in [2.45, 2.75) is 19.3 Å². The van der Waals surface area contributed by atoms with Crippen molar-refractivity contribution < 1.29 is 8.42 Å². The first-order valence-electron chi connectivity index (χ1n) is 6.78. The highest BCUT2D eigenvalue weighted by molar-refractivity contribution is 7.88. The predicted octanol–water partition coefficient (Wildman–Crippen LogP) is 0.943. The van der Waals surface area contributed by atoms with Crippen LogP contribution in [0.4, 0.5) is 0 Å². The number of rotatable bonds is 3. The smallest absolute Gasteiger partial charge is 0.211 e. The Morgan fingerprint density at radius 2 is 2.20 bits per heavy atom. The lowest BCUT2D eigenvalue weighted by Gasteiger charge is -2.30. The minimum Gasteiger partial charge on any atom is -0.286 e. The van der Waals surface area contributed by atoms with Gasteiger partial charge in [0.2, 0.25) is 10.0 Å². The molecule has 3 heterocycles. The van der Waals surface area contributed by atoms with Crippen molar-refractivity contribution in [2.24, 2.45) is 5.92 Å². The Morgan fingerprint density at radius 3 is 3.00 bits per heavy atom. The van der Waals surface area contributed by atoms with Gasteiger partial charge in [-0.15, -0.1) is 10.2 Å². The highest BCUT2D eigenvalue weighted by Crippen LogP contribution is 2.22. The molecule has 2 aromatic heterocycles. The van der Waals surface area contributed by atoms with E-state index in [0.29, 0.717) is 19.0 Å². The molecule has 108 valence electrons. The maximum absolute atomic E-state index is 11.6. The molecule has 0 aromatic carbocycles. The second-order valence-corrected chi connectivity index (χ2v) is 7.36. The number of aromatic nitrogens is 3. The number of piperidine rings is 1. The molecule has 0 saturated carbocycles. The highest BCUT2D eigenvalue weighted by atomic mass is 32.2. The number of sulfonamides is 1. The highest BCUT2D eigenvalue weighted by Gasteiger charge is 2.26. The molecule has 0 spiro atoms. The van der Waals surface area contributed by atoms with Crippen LogP contribution in [-0.2, 0) is 16.4 Å². The molecule has 1 unspecified atom stereocenters. The fourth-order valence-electron chi connectivity index (χ4n) is 2.78. The molecule has 3 rings (SSSR count). The SMILES string of the molecule is CS(=O)(=O)N1CCCC(Cc2nnc3ccccn23)C1. The van der Waals surface area contributed by atoms with E-state index in [9.17, 15) is 8.42 Å². The molecule has 0 bridgehead atoms. The lowest BCUT2D eigenvalue weighted by Crippen LogP contribution is -2.40. The predicted molar refractivity (Wildman–Crippen MR) is 75.8 cm³/mol. The summed E-state index contributed by atoms with van der Waals surface area (Å²) in [4.78, 5) is 0. The van der Waals surface area contributed by atoms with Crippen LogP contribution in [-0.4, -0.2) is 46.7 Å². The van der Waals surface area contributed by atoms with E-state index in [2.05, 4.69) is 10.2 Å². The Bertz CT molecular complexity index is 710. The van der Waals surface area contributed by atoms with Crippen molar-refractivity contribution in [3.63, 3.8) is 0 Å². The van der Waals surface area contributed by atoms with E-state index in [1.807, 2.05) is 28.8 Å². The maximum atomic E-state index is 11.6. The number of pyridine rings is 1. The van der Waals surface area contributed by atoms with Gasteiger partial charge in [-0.2, -0.15) is 0 Å². The van der Waals surface area contributed by atoms with E-state index in [0.717, 1.165) is 30.7 Å². The third kappa shape index (κ3) is 2.69. The van der Waals surface area contributed by atoms with Gasteiger partial charge in [0.05, 0.1) is 6.26 Å². The van der Waals surface area contributed by atoms with Crippen molar-refractivity contribution in [3.05, 3.63) is 30.2 Å². The lowest BCUT2D eigenvalue weighted by molar-refractivity contribution is 0.264. The Kier molecular flexibility index (Phi) is 3.47. The Morgan fingerprint density at radius 1 is 1.35 bits per heavy atom. The summed E-state index contributed by atoms with van der Waals surface area (Å²) in [5.41, 5.74) is 0.832. The summed E-state index contributed by atoms with van der Waals surface area (Å²) < 4.78 is 26.8. The fourth-order valence-corrected chi connectivity index (χ4v) is 3.73. The summed E-state index contributed by atoms with van der Waals surface area (Å²) in [6.07, 6.45) is 5.93. The van der Waals surface area contributed by atoms with Gasteiger partial charge in [-0.25, -0.2) is 12.7 Å². The second kappa shape index (κ2) is 5.14. The van der Waals surface area contributed by atoms with Crippen LogP contribution in [0.2, 0.25) is 0 Å². The van der Waals surface area contributed by atoms with E-state index in [1.165, 1.54) is 6.26 Å². The van der Waals surface area contributed by atoms with Crippen LogP contribution in [0.15, 0.2) is 24.4 Å². The Labute approximate surface area is 118 Å². The average Bonchev–Trinajstić information content (AvgIpc) is 2.82. The van der Waals surface area contributed by atoms with E-state index >= 15 is 0 Å². The normalized spacial score (nSPS) is 21.4. The van der Waals surface area contributed by atoms with Crippen LogP contribution in [0, 0.1) is 5.92 Å². The summed E-state index contributed by atoms with van der Waals surface area (Å²) in [5.74, 6) is 1.21. The summed E-state index contributed by atoms with van der Waals surface area (Å²) in [6, 6.07) is 5.80. The van der Waals surface area contributed by atoms with Gasteiger partial charge in [-0.1, -0.05) is 6.07 Å². The van der Waals surface area contributed by atoms with Crippen molar-refractivity contribution in [1.29, 1.82) is 0 Å². The van der Waals surface area contributed by atoms with Gasteiger partial charge in [0.15, 0.2) is 5.65 Å². The molecule has 1 aliphatic rings. The van der Waals surface area contributed by atoms with Crippen molar-refractivity contribution in [1.82, 2.24) is 18.9 Å². The summed E-state index contributed by atoms with van der Waals surface area (Å²) in [6.45, 7) is 1.22. The number of nitrogens with zero attached hydrogens (tertiary/aromatic N) is 4. The third-order valence-corrected chi connectivity index (χ3v) is 5.08. The quantitative estimate of drug-likeness (QED) is 0.845. The van der Waals surface area contributed by atoms with Gasteiger partial charge in [0.25, 0.3) is 0 Å². The van der Waals surface area contributed by atoms with Gasteiger partial charge in [-0.05, 0) is 30.9 Å². The molecular weight excluding hydrogens is 276 g/mol. The molecule has 0 aliphatic carbocycles. The number of hydrogen-bond donors (Lipinski definition) is 0. The lowest BCUT2D eigenvalue weighted by atomic mass is 9.96. The molecule has 1 aliphatic heterocycles. The average molecular weight is 294 g/mol. The van der Waals surface area contributed by atoms with Gasteiger partial charge in [0.1, 0.15) is 5.82 Å². The topological polar surface area (TPSA) is 67.6 Å². The first-order chi connectivity index (χ1) is 9.54. The zero-order valence-corrected chi connectivity index (χ0v) is 12.3. The number of fused-ring (bicyclic) bond motifs is 1. The van der Waals surface area contributed by atoms with Gasteiger partial charge < -0.3 is 0 Å². The molecular formula is C13H18N4O2S. The zero-order valence-electron chi connectivity index (χ0n) is 11.4. The standard InChI is InChI=1S/C13H18N4O2S/c1-20(18,19)16-7-4-5-11(10-16)9-13-15-14-12-6-2-3-8-17(12)13/h2-3,6,8,11H,4-5,7,9-10H2,1H3. The van der Waals surface area contributed by atoms with Crippen LogP contribution in [0.5, 0.6) is 0 Å². The van der Waals surface area contributed by atoms with Crippen LogP contribution < -0.4 is 0 Å². The summed E-state index contributed by atoms with van der Waals surface area (Å²) in [7, 11) is -3.09. The summed E-state index contributed by atoms with van der Waals surface area (Å²) in [5, 5.41) is 8.35. The third-order valence-electron chi connectivity index (χ3n) is 3.81. The van der Waals surface area contributed by atoms with Gasteiger partial charge >= 0.3 is 0 Å². The zero-order chi connectivity index (χ0) is 14.2. The van der Waals surface area contributed by atoms with E-state index in [-0.39, 0.29) is 0 Å². The Hall–Kier alpha value is -1.47. The largest absolute Gasteiger partial charge is 0.286 e. The molecule has 0 radical (unpaired) electrons. The molecule has 0 amide bonds. The number of hydrogen-bond acceptors (Lipinski definition) is 4. The second-order valence-electron chi connectivity index (χ2n) is 5.38. The molecule has 1 atom stereocenters. The van der Waals surface area contributed by atoms with Crippen LogP contribution in [0.1, 0.15) is 18.7 Å². The molecule has 6 nitrogen and oxygen atoms in total. The summed E-state index contributed by atoms with van der Waals surface area (Å²) >= 11 is 0. The van der Waals surface area contributed by atoms with Gasteiger partial charge in [-0.3, -0.25) is 4.40 Å². The maximum Gasteiger partial charge on any atom is 0.211 e. The first-order valence-corrected chi connectivity index (χ1v) is 8.62. The van der Waals surface area contributed by atoms with E-state index in [1.54, 1.807) is 4.31 Å². The molecule has 2 aromatic rings. The Balaban J connectivity index is 1.77. The molecule has 0 N–H and O–H groups in total. The molecule has 20 heavy (non-hydrogen) atoms. The van der Waals surface area contributed by atoms with E-state index in [4.69, 9.17) is 0 Å². The van der Waals surface area contributed by atoms with Crippen LogP contribution >= 0.6 is 0 Å². The van der Waals surface area contributed by atoms with Crippen molar-refractivity contribution in [2.75, 3.05) is 19.3 Å². The minimum atomic E-state index is -3.09. The van der Waals surface area contributed by atoms with Crippen molar-refractivity contribution >= 4 is 15.7 Å². The van der Waals surface area contributed by atoms with E-state index < -0.39 is 10.0 Å². The van der Waals surface area contributed by atoms with Gasteiger partial charge in [0, 0.05) is 25.7 Å². The van der Waals surface area contributed by atoms with Crippen LogP contribution in [0.3, 0.4) is 0 Å².